The monoisotopic (exact) mass is 173 g/mol. The van der Waals surface area contributed by atoms with E-state index in [1.54, 1.807) is 0 Å². The van der Waals surface area contributed by atoms with Crippen molar-refractivity contribution < 1.29 is 4.74 Å². The van der Waals surface area contributed by atoms with Gasteiger partial charge in [-0.1, -0.05) is 20.8 Å². The van der Waals surface area contributed by atoms with Gasteiger partial charge in [-0.15, -0.1) is 0 Å². The van der Waals surface area contributed by atoms with Crippen molar-refractivity contribution in [2.24, 2.45) is 5.41 Å². The molecule has 0 unspecified atom stereocenters. The van der Waals surface area contributed by atoms with Crippen LogP contribution < -0.4 is 0 Å². The van der Waals surface area contributed by atoms with Crippen molar-refractivity contribution in [2.75, 3.05) is 13.7 Å². The maximum Gasteiger partial charge on any atom is 0.259 e. The fourth-order valence-electron chi connectivity index (χ4n) is 1.32. The third-order valence-corrected chi connectivity index (χ3v) is 2.53. The Kier molecular flexibility index (Phi) is 2.10. The molecule has 1 aliphatic heterocycles. The van der Waals surface area contributed by atoms with Gasteiger partial charge in [0.25, 0.3) is 5.17 Å². The van der Waals surface area contributed by atoms with Crippen LogP contribution in [0.3, 0.4) is 0 Å². The van der Waals surface area contributed by atoms with Crippen molar-refractivity contribution in [2.45, 2.75) is 26.8 Å². The third-order valence-electron chi connectivity index (χ3n) is 2.12. The summed E-state index contributed by atoms with van der Waals surface area (Å²) < 4.78 is 5.26. The van der Waals surface area contributed by atoms with Crippen molar-refractivity contribution in [3.63, 3.8) is 0 Å². The molecule has 0 aliphatic carbocycles. The number of nitrogens with zero attached hydrogens (tertiary/aromatic N) is 1. The molecule has 0 radical (unpaired) electrons. The Labute approximate surface area is 73.5 Å². The Hall–Kier alpha value is -0.310. The zero-order valence-electron chi connectivity index (χ0n) is 7.55. The fourth-order valence-corrected chi connectivity index (χ4v) is 1.52. The average Bonchev–Trinajstić information content (AvgIpc) is 2.11. The van der Waals surface area contributed by atoms with E-state index >= 15 is 0 Å². The van der Waals surface area contributed by atoms with Gasteiger partial charge in [-0.05, 0) is 17.6 Å². The molecule has 0 N–H and O–H groups in total. The van der Waals surface area contributed by atoms with Gasteiger partial charge in [-0.2, -0.15) is 0 Å². The van der Waals surface area contributed by atoms with Crippen LogP contribution in [0.5, 0.6) is 0 Å². The average molecular weight is 173 g/mol. The minimum Gasteiger partial charge on any atom is -0.469 e. The topological polar surface area (TPSA) is 12.5 Å². The van der Waals surface area contributed by atoms with E-state index in [1.165, 1.54) is 0 Å². The highest BCUT2D eigenvalue weighted by Crippen LogP contribution is 2.27. The lowest BCUT2D eigenvalue weighted by Gasteiger charge is -2.30. The summed E-state index contributed by atoms with van der Waals surface area (Å²) in [5, 5.41) is 0.630. The zero-order valence-corrected chi connectivity index (χ0v) is 8.36. The second-order valence-corrected chi connectivity index (χ2v) is 4.42. The molecule has 64 valence electrons. The first-order chi connectivity index (χ1) is 4.93. The van der Waals surface area contributed by atoms with Gasteiger partial charge in [0.1, 0.15) is 6.61 Å². The molecule has 0 aromatic rings. The molecule has 2 nitrogen and oxygen atoms in total. The van der Waals surface area contributed by atoms with Gasteiger partial charge in [0, 0.05) is 7.05 Å². The zero-order chi connectivity index (χ0) is 8.65. The Balaban J connectivity index is 2.70. The number of hydrogen-bond acceptors (Lipinski definition) is 2. The molecule has 0 saturated carbocycles. The maximum absolute atomic E-state index is 5.26. The predicted molar refractivity (Wildman–Crippen MR) is 49.6 cm³/mol. The second kappa shape index (κ2) is 2.63. The third kappa shape index (κ3) is 1.64. The molecule has 1 aliphatic rings. The number of ether oxygens (including phenoxy) is 1. The summed E-state index contributed by atoms with van der Waals surface area (Å²) >= 11 is 4.99. The van der Waals surface area contributed by atoms with Gasteiger partial charge in [0.15, 0.2) is 0 Å². The molecule has 3 heteroatoms. The lowest BCUT2D eigenvalue weighted by molar-refractivity contribution is 0.191. The van der Waals surface area contributed by atoms with Gasteiger partial charge in [-0.25, -0.2) is 0 Å². The molecule has 1 rings (SSSR count). The molecule has 1 heterocycles. The summed E-state index contributed by atoms with van der Waals surface area (Å²) in [6.45, 7) is 7.33. The van der Waals surface area contributed by atoms with Crippen LogP contribution in [0.25, 0.3) is 0 Å². The van der Waals surface area contributed by atoms with Crippen LogP contribution in [0.1, 0.15) is 20.8 Å². The largest absolute Gasteiger partial charge is 0.469 e. The lowest BCUT2D eigenvalue weighted by Crippen LogP contribution is -2.39. The highest BCUT2D eigenvalue weighted by molar-refractivity contribution is 7.80. The Morgan fingerprint density at radius 1 is 1.55 bits per heavy atom. The molecule has 1 saturated heterocycles. The quantitative estimate of drug-likeness (QED) is 0.517. The van der Waals surface area contributed by atoms with Crippen molar-refractivity contribution in [1.82, 2.24) is 4.90 Å². The number of rotatable bonds is 0. The van der Waals surface area contributed by atoms with Gasteiger partial charge >= 0.3 is 0 Å². The van der Waals surface area contributed by atoms with Crippen LogP contribution in [0.2, 0.25) is 0 Å². The van der Waals surface area contributed by atoms with Crippen LogP contribution in [0.15, 0.2) is 0 Å². The van der Waals surface area contributed by atoms with E-state index in [-0.39, 0.29) is 5.41 Å². The Bertz CT molecular complexity index is 173. The van der Waals surface area contributed by atoms with Crippen molar-refractivity contribution in [3.8, 4) is 0 Å². The summed E-state index contributed by atoms with van der Waals surface area (Å²) in [7, 11) is 1.99. The van der Waals surface area contributed by atoms with Gasteiger partial charge in [0.2, 0.25) is 0 Å². The highest BCUT2D eigenvalue weighted by atomic mass is 32.1. The SMILES string of the molecule is CN1C(=S)OC[C@@H]1C(C)(C)C. The predicted octanol–water partition coefficient (Wildman–Crippen LogP) is 1.65. The lowest BCUT2D eigenvalue weighted by atomic mass is 9.87. The minimum atomic E-state index is 0.245. The molecule has 0 spiro atoms. The first-order valence-electron chi connectivity index (χ1n) is 3.82. The van der Waals surface area contributed by atoms with E-state index in [0.29, 0.717) is 11.2 Å². The van der Waals surface area contributed by atoms with Crippen molar-refractivity contribution in [1.29, 1.82) is 0 Å². The molecule has 0 aromatic carbocycles. The van der Waals surface area contributed by atoms with Gasteiger partial charge in [0.05, 0.1) is 6.04 Å². The van der Waals surface area contributed by atoms with Crippen LogP contribution in [-0.4, -0.2) is 29.8 Å². The van der Waals surface area contributed by atoms with E-state index in [0.717, 1.165) is 6.61 Å². The molecular weight excluding hydrogens is 158 g/mol. The van der Waals surface area contributed by atoms with E-state index in [4.69, 9.17) is 17.0 Å². The Morgan fingerprint density at radius 3 is 2.27 bits per heavy atom. The summed E-state index contributed by atoms with van der Waals surface area (Å²) in [5.74, 6) is 0. The van der Waals surface area contributed by atoms with E-state index in [1.807, 2.05) is 11.9 Å². The summed E-state index contributed by atoms with van der Waals surface area (Å²) in [6.07, 6.45) is 0. The molecule has 1 atom stereocenters. The van der Waals surface area contributed by atoms with Crippen LogP contribution in [0.4, 0.5) is 0 Å². The van der Waals surface area contributed by atoms with Crippen LogP contribution >= 0.6 is 12.2 Å². The van der Waals surface area contributed by atoms with Crippen LogP contribution in [0, 0.1) is 5.41 Å². The van der Waals surface area contributed by atoms with E-state index in [9.17, 15) is 0 Å². The smallest absolute Gasteiger partial charge is 0.259 e. The number of likely N-dealkylation sites (N-methyl/N-ethyl adjacent to an activating group) is 1. The highest BCUT2D eigenvalue weighted by Gasteiger charge is 2.35. The molecule has 11 heavy (non-hydrogen) atoms. The molecule has 0 aromatic heterocycles. The van der Waals surface area contributed by atoms with E-state index in [2.05, 4.69) is 20.8 Å². The van der Waals surface area contributed by atoms with E-state index < -0.39 is 0 Å². The Morgan fingerprint density at radius 2 is 2.09 bits per heavy atom. The first-order valence-corrected chi connectivity index (χ1v) is 4.23. The van der Waals surface area contributed by atoms with Crippen molar-refractivity contribution >= 4 is 17.4 Å². The molecule has 0 bridgehead atoms. The molecular formula is C8H15NOS. The minimum absolute atomic E-state index is 0.245. The van der Waals surface area contributed by atoms with Crippen molar-refractivity contribution in [3.05, 3.63) is 0 Å². The van der Waals surface area contributed by atoms with Crippen LogP contribution in [-0.2, 0) is 4.74 Å². The molecule has 0 amide bonds. The normalized spacial score (nSPS) is 25.6. The van der Waals surface area contributed by atoms with Gasteiger partial charge in [-0.3, -0.25) is 0 Å². The standard InChI is InChI=1S/C8H15NOS/c1-8(2,3)6-5-10-7(11)9(6)4/h6H,5H2,1-4H3/t6-/m1/s1. The number of hydrogen-bond donors (Lipinski definition) is 0. The number of thiocarbonyl (C=S) groups is 1. The molecule has 1 fully saturated rings. The summed E-state index contributed by atoms with van der Waals surface area (Å²) in [6, 6.07) is 0.426. The second-order valence-electron chi connectivity index (χ2n) is 4.07. The maximum atomic E-state index is 5.26. The summed E-state index contributed by atoms with van der Waals surface area (Å²) in [5.41, 5.74) is 0.245. The fraction of sp³-hybridized carbons (Fsp3) is 0.875. The van der Waals surface area contributed by atoms with Gasteiger partial charge < -0.3 is 9.64 Å². The summed E-state index contributed by atoms with van der Waals surface area (Å²) in [4.78, 5) is 2.04. The first kappa shape index (κ1) is 8.78.